The van der Waals surface area contributed by atoms with Crippen LogP contribution in [-0.2, 0) is 4.74 Å². The van der Waals surface area contributed by atoms with Crippen molar-refractivity contribution in [3.63, 3.8) is 0 Å². The van der Waals surface area contributed by atoms with Crippen LogP contribution in [0.5, 0.6) is 11.5 Å². The van der Waals surface area contributed by atoms with Crippen molar-refractivity contribution in [1.82, 2.24) is 0 Å². The van der Waals surface area contributed by atoms with E-state index >= 15 is 0 Å². The molecule has 7 heteroatoms. The summed E-state index contributed by atoms with van der Waals surface area (Å²) >= 11 is 0. The van der Waals surface area contributed by atoms with Gasteiger partial charge >= 0.3 is 18.0 Å². The quantitative estimate of drug-likeness (QED) is 0.0771. The summed E-state index contributed by atoms with van der Waals surface area (Å²) in [6, 6.07) is 19.8. The molecular weight excluding hydrogens is 514 g/mol. The Kier molecular flexibility index (Phi) is 11.9. The Morgan fingerprint density at radius 3 is 1.82 bits per heavy atom. The van der Waals surface area contributed by atoms with Crippen LogP contribution in [-0.4, -0.2) is 24.7 Å². The summed E-state index contributed by atoms with van der Waals surface area (Å²) in [5.74, 6) is -0.797. The van der Waals surface area contributed by atoms with E-state index in [1.807, 2.05) is 36.4 Å². The lowest BCUT2D eigenvalue weighted by Gasteiger charge is -2.16. The number of unbranched alkanes of at least 4 members (excludes halogenated alkanes) is 6. The molecule has 0 aliphatic carbocycles. The number of carbonyl (C=O) groups excluding carboxylic acids is 2. The Hall–Kier alpha value is -4.00. The van der Waals surface area contributed by atoms with Crippen molar-refractivity contribution in [2.24, 2.45) is 0 Å². The lowest BCUT2D eigenvalue weighted by molar-refractivity contribution is -0.205. The van der Waals surface area contributed by atoms with Crippen molar-refractivity contribution in [3.8, 4) is 22.6 Å². The zero-order valence-corrected chi connectivity index (χ0v) is 22.9. The normalized spacial score (nSPS) is 11.1. The molecule has 0 bridgehead atoms. The number of halogens is 2. The second kappa shape index (κ2) is 15.6. The smallest absolute Gasteiger partial charge is 0.400 e. The molecule has 3 rings (SSSR count). The van der Waals surface area contributed by atoms with Gasteiger partial charge in [-0.2, -0.15) is 8.78 Å². The van der Waals surface area contributed by atoms with Gasteiger partial charge in [-0.05, 0) is 66.1 Å². The van der Waals surface area contributed by atoms with Gasteiger partial charge in [0.25, 0.3) is 0 Å². The van der Waals surface area contributed by atoms with Gasteiger partial charge in [-0.1, -0.05) is 82.4 Å². The Balaban J connectivity index is 1.48. The zero-order valence-electron chi connectivity index (χ0n) is 22.9. The van der Waals surface area contributed by atoms with Crippen LogP contribution in [0.2, 0.25) is 0 Å². The monoisotopic (exact) mass is 550 g/mol. The summed E-state index contributed by atoms with van der Waals surface area (Å²) in [4.78, 5) is 24.8. The molecule has 0 aliphatic heterocycles. The highest BCUT2D eigenvalue weighted by atomic mass is 19.3. The van der Waals surface area contributed by atoms with Gasteiger partial charge in [-0.25, -0.2) is 9.59 Å². The Labute approximate surface area is 234 Å². The predicted octanol–water partition coefficient (Wildman–Crippen LogP) is 9.03. The molecule has 5 nitrogen and oxygen atoms in total. The highest BCUT2D eigenvalue weighted by Gasteiger charge is 2.33. The van der Waals surface area contributed by atoms with Crippen LogP contribution < -0.4 is 9.47 Å². The summed E-state index contributed by atoms with van der Waals surface area (Å²) in [7, 11) is 0. The summed E-state index contributed by atoms with van der Waals surface area (Å²) < 4.78 is 43.5. The molecule has 0 aliphatic rings. The van der Waals surface area contributed by atoms with Crippen molar-refractivity contribution in [1.29, 1.82) is 0 Å². The number of alkyl halides is 2. The zero-order chi connectivity index (χ0) is 28.8. The first kappa shape index (κ1) is 30.5. The molecular formula is C33H36F2O5. The fourth-order valence-electron chi connectivity index (χ4n) is 4.06. The molecule has 0 N–H and O–H groups in total. The lowest BCUT2D eigenvalue weighted by Crippen LogP contribution is -2.25. The Morgan fingerprint density at radius 1 is 0.725 bits per heavy atom. The third-order valence-corrected chi connectivity index (χ3v) is 6.29. The number of benzene rings is 3. The van der Waals surface area contributed by atoms with E-state index in [4.69, 9.17) is 9.47 Å². The van der Waals surface area contributed by atoms with Gasteiger partial charge in [-0.3, -0.25) is 0 Å². The van der Waals surface area contributed by atoms with E-state index in [2.05, 4.69) is 18.2 Å². The molecule has 0 saturated carbocycles. The van der Waals surface area contributed by atoms with Gasteiger partial charge in [0.05, 0.1) is 17.5 Å². The minimum Gasteiger partial charge on any atom is -0.490 e. The molecule has 0 fully saturated rings. The first-order chi connectivity index (χ1) is 19.3. The van der Waals surface area contributed by atoms with E-state index in [9.17, 15) is 18.4 Å². The van der Waals surface area contributed by atoms with E-state index in [0.717, 1.165) is 49.0 Å². The van der Waals surface area contributed by atoms with Crippen molar-refractivity contribution in [2.45, 2.75) is 64.4 Å². The summed E-state index contributed by atoms with van der Waals surface area (Å²) in [6.07, 6.45) is 3.94. The van der Waals surface area contributed by atoms with E-state index in [0.29, 0.717) is 25.0 Å². The maximum Gasteiger partial charge on any atom is 0.400 e. The number of carbonyl (C=O) groups is 2. The van der Waals surface area contributed by atoms with E-state index in [-0.39, 0.29) is 11.3 Å². The second-order valence-electron chi connectivity index (χ2n) is 9.51. The van der Waals surface area contributed by atoms with Gasteiger partial charge in [0.2, 0.25) is 0 Å². The number of hydrogen-bond acceptors (Lipinski definition) is 5. The third kappa shape index (κ3) is 9.95. The standard InChI is InChI=1S/C33H36F2O5/c1-3-5-6-7-8-9-10-23-33(34,35)40-32(37)28-17-21-30(22-18-28)39-31(36)27-13-11-25(12-14-27)26-15-19-29(20-16-26)38-24-4-2/h4,11-22H,2-3,5-10,23-24H2,1H3. The summed E-state index contributed by atoms with van der Waals surface area (Å²) in [5, 5.41) is 0. The van der Waals surface area contributed by atoms with Crippen LogP contribution in [0.25, 0.3) is 11.1 Å². The first-order valence-electron chi connectivity index (χ1n) is 13.7. The van der Waals surface area contributed by atoms with Gasteiger partial charge in [0, 0.05) is 0 Å². The van der Waals surface area contributed by atoms with E-state index < -0.39 is 24.5 Å². The van der Waals surface area contributed by atoms with E-state index in [1.165, 1.54) is 24.3 Å². The minimum atomic E-state index is -3.53. The molecule has 0 unspecified atom stereocenters. The average Bonchev–Trinajstić information content (AvgIpc) is 2.96. The van der Waals surface area contributed by atoms with Crippen molar-refractivity contribution >= 4 is 11.9 Å². The van der Waals surface area contributed by atoms with Crippen LogP contribution in [0, 0.1) is 0 Å². The van der Waals surface area contributed by atoms with Crippen molar-refractivity contribution in [2.75, 3.05) is 6.61 Å². The molecule has 0 spiro atoms. The highest BCUT2D eigenvalue weighted by molar-refractivity contribution is 5.92. The number of ether oxygens (including phenoxy) is 3. The SMILES string of the molecule is C=CCOc1ccc(-c2ccc(C(=O)Oc3ccc(C(=O)OC(F)(F)CCCCCCCCC)cc3)cc2)cc1. The molecule has 0 radical (unpaired) electrons. The molecule has 0 atom stereocenters. The molecule has 3 aromatic rings. The number of esters is 2. The fraction of sp³-hybridized carbons (Fsp3) is 0.333. The van der Waals surface area contributed by atoms with Crippen LogP contribution in [0.4, 0.5) is 8.78 Å². The maximum absolute atomic E-state index is 14.1. The molecule has 0 saturated heterocycles. The molecule has 0 aromatic heterocycles. The lowest BCUT2D eigenvalue weighted by atomic mass is 10.0. The Bertz CT molecular complexity index is 1220. The number of rotatable bonds is 16. The molecule has 3 aromatic carbocycles. The summed E-state index contributed by atoms with van der Waals surface area (Å²) in [5.41, 5.74) is 2.16. The highest BCUT2D eigenvalue weighted by Crippen LogP contribution is 2.27. The molecule has 0 amide bonds. The number of hydrogen-bond donors (Lipinski definition) is 0. The second-order valence-corrected chi connectivity index (χ2v) is 9.51. The third-order valence-electron chi connectivity index (χ3n) is 6.29. The maximum atomic E-state index is 14.1. The van der Waals surface area contributed by atoms with Gasteiger partial charge in [-0.15, -0.1) is 0 Å². The van der Waals surface area contributed by atoms with Crippen LogP contribution in [0.1, 0.15) is 79.0 Å². The van der Waals surface area contributed by atoms with E-state index in [1.54, 1.807) is 18.2 Å². The van der Waals surface area contributed by atoms with Crippen LogP contribution in [0.15, 0.2) is 85.5 Å². The van der Waals surface area contributed by atoms with Gasteiger partial charge in [0.1, 0.15) is 18.1 Å². The molecule has 0 heterocycles. The summed E-state index contributed by atoms with van der Waals surface area (Å²) in [6.45, 7) is 6.18. The van der Waals surface area contributed by atoms with Crippen LogP contribution in [0.3, 0.4) is 0 Å². The van der Waals surface area contributed by atoms with Gasteiger partial charge in [0.15, 0.2) is 0 Å². The largest absolute Gasteiger partial charge is 0.490 e. The predicted molar refractivity (Wildman–Crippen MR) is 152 cm³/mol. The topological polar surface area (TPSA) is 61.8 Å². The van der Waals surface area contributed by atoms with Crippen molar-refractivity contribution < 1.29 is 32.6 Å². The van der Waals surface area contributed by atoms with Gasteiger partial charge < -0.3 is 14.2 Å². The van der Waals surface area contributed by atoms with Crippen LogP contribution >= 0.6 is 0 Å². The Morgan fingerprint density at radius 2 is 1.23 bits per heavy atom. The molecule has 212 valence electrons. The van der Waals surface area contributed by atoms with Crippen molar-refractivity contribution in [3.05, 3.63) is 96.6 Å². The first-order valence-corrected chi connectivity index (χ1v) is 13.7. The molecule has 40 heavy (non-hydrogen) atoms. The average molecular weight is 551 g/mol. The minimum absolute atomic E-state index is 0.0516. The fourth-order valence-corrected chi connectivity index (χ4v) is 4.06.